The molecule has 2 bridgehead atoms. The minimum Gasteiger partial charge on any atom is -0.361 e. The minimum absolute atomic E-state index is 0.0129. The van der Waals surface area contributed by atoms with Gasteiger partial charge >= 0.3 is 6.21 Å². The molecule has 0 spiro atoms. The lowest BCUT2D eigenvalue weighted by molar-refractivity contribution is -0.158. The number of hydrogen-bond donors (Lipinski definition) is 0. The third-order valence-electron chi connectivity index (χ3n) is 5.52. The minimum atomic E-state index is -0.546. The van der Waals surface area contributed by atoms with E-state index in [4.69, 9.17) is 5.53 Å². The van der Waals surface area contributed by atoms with Gasteiger partial charge in [-0.25, -0.2) is 0 Å². The topological polar surface area (TPSA) is 70.5 Å². The largest absolute Gasteiger partial charge is 0.361 e. The number of nitrogens with zero attached hydrogens (tertiary/aromatic N) is 2. The summed E-state index contributed by atoms with van der Waals surface area (Å²) in [7, 11) is 0. The predicted octanol–water partition coefficient (Wildman–Crippen LogP) is 2.38. The second-order valence-electron chi connectivity index (χ2n) is 6.78. The first kappa shape index (κ1) is 14.1. The summed E-state index contributed by atoms with van der Waals surface area (Å²) in [4.78, 5) is 27.5. The van der Waals surface area contributed by atoms with Crippen LogP contribution in [-0.2, 0) is 9.59 Å². The molecule has 0 radical (unpaired) electrons. The molecule has 0 N–H and O–H groups in total. The molecule has 0 aromatic heterocycles. The van der Waals surface area contributed by atoms with Crippen molar-refractivity contribution in [2.75, 3.05) is 0 Å². The molecule has 3 saturated carbocycles. The van der Waals surface area contributed by atoms with E-state index in [0.717, 1.165) is 12.6 Å². The zero-order valence-corrected chi connectivity index (χ0v) is 12.1. The molecular weight excluding hydrogens is 240 g/mol. The first-order chi connectivity index (χ1) is 8.82. The van der Waals surface area contributed by atoms with Crippen LogP contribution >= 0.6 is 0 Å². The summed E-state index contributed by atoms with van der Waals surface area (Å²) in [5.41, 5.74) is 8.05. The van der Waals surface area contributed by atoms with Crippen LogP contribution in [0.15, 0.2) is 0 Å². The maximum absolute atomic E-state index is 12.4. The highest BCUT2D eigenvalue weighted by Crippen LogP contribution is 2.57. The summed E-state index contributed by atoms with van der Waals surface area (Å²) >= 11 is 0. The smallest absolute Gasteiger partial charge is 0.323 e. The first-order valence-electron chi connectivity index (χ1n) is 7.08. The highest BCUT2D eigenvalue weighted by atomic mass is 16.1. The number of Topliss-reactive ketones (excluding diaryl/α,β-unsaturated/α-hetero) is 2. The van der Waals surface area contributed by atoms with Gasteiger partial charge in [-0.15, -0.1) is 0 Å². The summed E-state index contributed by atoms with van der Waals surface area (Å²) in [6.45, 7) is 8.17. The van der Waals surface area contributed by atoms with E-state index in [2.05, 4.69) is 18.6 Å². The molecule has 0 aliphatic heterocycles. The van der Waals surface area contributed by atoms with Crippen molar-refractivity contribution in [1.29, 1.82) is 0 Å². The maximum atomic E-state index is 12.4. The third kappa shape index (κ3) is 1.99. The van der Waals surface area contributed by atoms with Crippen LogP contribution in [0.2, 0.25) is 0 Å². The molecule has 0 aromatic rings. The van der Waals surface area contributed by atoms with Crippen LogP contribution < -0.4 is 0 Å². The van der Waals surface area contributed by atoms with E-state index in [1.54, 1.807) is 0 Å². The Hall–Kier alpha value is -1.28. The van der Waals surface area contributed by atoms with Crippen molar-refractivity contribution in [3.63, 3.8) is 0 Å². The summed E-state index contributed by atoms with van der Waals surface area (Å²) in [5.74, 6) is 1.03. The SMILES string of the molecule is CC(C)[C@@H]1C[C@@H]2[C@H](C)C(=O)[C@H]1C[C@@]2(C)C(=O)C=[N+]=[N-]. The number of ketones is 2. The van der Waals surface area contributed by atoms with Crippen molar-refractivity contribution < 1.29 is 14.4 Å². The van der Waals surface area contributed by atoms with Crippen LogP contribution in [0.5, 0.6) is 0 Å². The van der Waals surface area contributed by atoms with Crippen LogP contribution in [0.4, 0.5) is 0 Å². The molecule has 0 aromatic carbocycles. The van der Waals surface area contributed by atoms with Gasteiger partial charge in [0.05, 0.1) is 0 Å². The lowest BCUT2D eigenvalue weighted by Gasteiger charge is -2.54. The summed E-state index contributed by atoms with van der Waals surface area (Å²) in [6.07, 6.45) is 2.54. The van der Waals surface area contributed by atoms with Gasteiger partial charge in [-0.3, -0.25) is 9.59 Å². The Morgan fingerprint density at radius 3 is 2.68 bits per heavy atom. The van der Waals surface area contributed by atoms with Crippen LogP contribution in [-0.4, -0.2) is 22.6 Å². The van der Waals surface area contributed by atoms with Crippen LogP contribution in [0.1, 0.15) is 40.5 Å². The molecule has 0 unspecified atom stereocenters. The fraction of sp³-hybridized carbons (Fsp3) is 0.800. The van der Waals surface area contributed by atoms with Gasteiger partial charge in [-0.1, -0.05) is 27.7 Å². The fourth-order valence-electron chi connectivity index (χ4n) is 4.30. The molecular formula is C15H22N2O2. The highest BCUT2D eigenvalue weighted by molar-refractivity contribution is 6.28. The molecule has 19 heavy (non-hydrogen) atoms. The molecule has 0 heterocycles. The molecule has 3 aliphatic rings. The number of hydrogen-bond acceptors (Lipinski definition) is 2. The molecule has 0 amide bonds. The number of carbonyl (C=O) groups excluding carboxylic acids is 2. The van der Waals surface area contributed by atoms with Gasteiger partial charge in [0.2, 0.25) is 5.78 Å². The summed E-state index contributed by atoms with van der Waals surface area (Å²) < 4.78 is 0. The van der Waals surface area contributed by atoms with Crippen molar-refractivity contribution in [3.8, 4) is 0 Å². The summed E-state index contributed by atoms with van der Waals surface area (Å²) in [5, 5.41) is 0. The number of carbonyl (C=O) groups is 2. The Morgan fingerprint density at radius 1 is 1.53 bits per heavy atom. The van der Waals surface area contributed by atoms with Crippen molar-refractivity contribution in [2.45, 2.75) is 40.5 Å². The van der Waals surface area contributed by atoms with E-state index >= 15 is 0 Å². The van der Waals surface area contributed by atoms with Gasteiger partial charge < -0.3 is 5.53 Å². The average molecular weight is 262 g/mol. The fourth-order valence-corrected chi connectivity index (χ4v) is 4.30. The zero-order valence-electron chi connectivity index (χ0n) is 12.1. The highest BCUT2D eigenvalue weighted by Gasteiger charge is 2.59. The second-order valence-corrected chi connectivity index (χ2v) is 6.78. The lowest BCUT2D eigenvalue weighted by Crippen LogP contribution is -2.57. The van der Waals surface area contributed by atoms with E-state index in [0.29, 0.717) is 24.0 Å². The molecule has 104 valence electrons. The van der Waals surface area contributed by atoms with E-state index < -0.39 is 5.41 Å². The lowest BCUT2D eigenvalue weighted by atomic mass is 9.47. The monoisotopic (exact) mass is 262 g/mol. The molecule has 0 saturated heterocycles. The Balaban J connectivity index is 2.38. The van der Waals surface area contributed by atoms with Crippen LogP contribution in [0, 0.1) is 35.0 Å². The van der Waals surface area contributed by atoms with Gasteiger partial charge in [0.25, 0.3) is 0 Å². The molecule has 3 rings (SSSR count). The van der Waals surface area contributed by atoms with Gasteiger partial charge in [0.15, 0.2) is 0 Å². The Morgan fingerprint density at radius 2 is 2.16 bits per heavy atom. The summed E-state index contributed by atoms with van der Waals surface area (Å²) in [6, 6.07) is 0. The van der Waals surface area contributed by atoms with Crippen molar-refractivity contribution >= 4 is 17.8 Å². The quantitative estimate of drug-likeness (QED) is 0.445. The molecule has 3 aliphatic carbocycles. The van der Waals surface area contributed by atoms with E-state index in [9.17, 15) is 9.59 Å². The Bertz CT molecular complexity index is 465. The van der Waals surface area contributed by atoms with Gasteiger partial charge in [0, 0.05) is 17.3 Å². The Labute approximate surface area is 114 Å². The van der Waals surface area contributed by atoms with Crippen molar-refractivity contribution in [3.05, 3.63) is 5.53 Å². The van der Waals surface area contributed by atoms with Crippen molar-refractivity contribution in [1.82, 2.24) is 0 Å². The maximum Gasteiger partial charge on any atom is 0.323 e. The van der Waals surface area contributed by atoms with Crippen molar-refractivity contribution in [2.24, 2.45) is 35.0 Å². The molecule has 4 heteroatoms. The van der Waals surface area contributed by atoms with Crippen LogP contribution in [0.3, 0.4) is 0 Å². The molecule has 4 nitrogen and oxygen atoms in total. The van der Waals surface area contributed by atoms with Gasteiger partial charge in [-0.05, 0) is 30.6 Å². The molecule has 5 atom stereocenters. The van der Waals surface area contributed by atoms with Gasteiger partial charge in [-0.2, -0.15) is 4.79 Å². The standard InChI is InChI=1S/C15H22N2O2/c1-8(2)10-5-12-9(3)14(19)11(10)6-15(12,4)13(18)7-17-16/h7-12H,5-6H2,1-4H3/t9-,10-,11-,12+,15+/m0/s1. The zero-order chi connectivity index (χ0) is 14.4. The van der Waals surface area contributed by atoms with E-state index in [-0.39, 0.29) is 23.5 Å². The third-order valence-corrected chi connectivity index (χ3v) is 5.52. The number of fused-ring (bicyclic) bond motifs is 3. The normalized spacial score (nSPS) is 41.2. The molecule has 3 fully saturated rings. The van der Waals surface area contributed by atoms with E-state index in [1.165, 1.54) is 0 Å². The predicted molar refractivity (Wildman–Crippen MR) is 71.5 cm³/mol. The second kappa shape index (κ2) is 4.68. The van der Waals surface area contributed by atoms with Crippen LogP contribution in [0.25, 0.3) is 5.53 Å². The Kier molecular flexibility index (Phi) is 3.48. The van der Waals surface area contributed by atoms with E-state index in [1.807, 2.05) is 13.8 Å². The average Bonchev–Trinajstić information content (AvgIpc) is 2.35. The first-order valence-corrected chi connectivity index (χ1v) is 7.08. The number of rotatable bonds is 3. The van der Waals surface area contributed by atoms with Gasteiger partial charge in [0.1, 0.15) is 5.78 Å².